The molecule has 0 amide bonds. The molecule has 0 aliphatic heterocycles. The van der Waals surface area contributed by atoms with E-state index in [0.29, 0.717) is 44.3 Å². The molecule has 0 saturated heterocycles. The van der Waals surface area contributed by atoms with Crippen LogP contribution in [-0.2, 0) is 39.7 Å². The number of ether oxygens (including phenoxy) is 4. The summed E-state index contributed by atoms with van der Waals surface area (Å²) in [5.74, 6) is -0.994. The summed E-state index contributed by atoms with van der Waals surface area (Å²) in [6.45, 7) is 4.02. The summed E-state index contributed by atoms with van der Waals surface area (Å²) in [5, 5.41) is 1.56. The van der Waals surface area contributed by atoms with E-state index in [1.807, 2.05) is 97.1 Å². The number of hydrogen-bond acceptors (Lipinski definition) is 10. The first kappa shape index (κ1) is 40.6. The fraction of sp³-hybridized carbons (Fsp3) is 0.286. The molecule has 2 fully saturated rings. The van der Waals surface area contributed by atoms with Crippen LogP contribution in [-0.4, -0.2) is 57.3 Å². The molecule has 2 saturated carbocycles. The van der Waals surface area contributed by atoms with Gasteiger partial charge in [0.1, 0.15) is 11.4 Å². The summed E-state index contributed by atoms with van der Waals surface area (Å²) >= 11 is 17.0. The van der Waals surface area contributed by atoms with E-state index in [1.54, 1.807) is 13.8 Å². The molecule has 2 aliphatic carbocycles. The van der Waals surface area contributed by atoms with Gasteiger partial charge in [-0.05, 0) is 144 Å². The molecule has 8 rings (SSSR count). The van der Waals surface area contributed by atoms with Gasteiger partial charge in [0, 0.05) is 29.0 Å². The summed E-state index contributed by atoms with van der Waals surface area (Å²) in [5.41, 5.74) is 0.445. The lowest BCUT2D eigenvalue weighted by molar-refractivity contribution is -0.170. The Morgan fingerprint density at radius 2 is 0.982 bits per heavy atom. The predicted molar refractivity (Wildman–Crippen MR) is 230 cm³/mol. The molecule has 0 bridgehead atoms. The number of nitrogens with zero attached hydrogens (tertiary/aromatic N) is 4. The van der Waals surface area contributed by atoms with Crippen molar-refractivity contribution < 1.29 is 28.5 Å². The highest BCUT2D eigenvalue weighted by Gasteiger charge is 2.52. The second-order valence-electron chi connectivity index (χ2n) is 13.2. The Labute approximate surface area is 361 Å². The second kappa shape index (κ2) is 17.5. The van der Waals surface area contributed by atoms with E-state index in [9.17, 15) is 9.59 Å². The Balaban J connectivity index is 0.000000172. The van der Waals surface area contributed by atoms with Crippen molar-refractivity contribution in [3.63, 3.8) is 0 Å². The van der Waals surface area contributed by atoms with Gasteiger partial charge in [-0.25, -0.2) is 29.5 Å². The van der Waals surface area contributed by atoms with Gasteiger partial charge in [0.25, 0.3) is 0 Å². The van der Waals surface area contributed by atoms with Crippen LogP contribution in [0.25, 0.3) is 21.8 Å². The average molecular weight is 1020 g/mol. The van der Waals surface area contributed by atoms with Crippen molar-refractivity contribution in [3.05, 3.63) is 137 Å². The van der Waals surface area contributed by atoms with Gasteiger partial charge in [0.05, 0.1) is 36.5 Å². The number of carbonyl (C=O) groups is 2. The van der Waals surface area contributed by atoms with Crippen molar-refractivity contribution in [2.45, 2.75) is 62.9 Å². The fourth-order valence-corrected chi connectivity index (χ4v) is 7.74. The SMILES string of the molecule is CCOC(=O)[C@@](OC1CC1)(c1ccccc1)c1nc(Cl)nc2ccc(I)cc12.CCOC(=O)[C@](OC1CC1)(c1ccccc1)c1nc(Cl)nc2ccc(I)cc12. The van der Waals surface area contributed by atoms with E-state index >= 15 is 0 Å². The van der Waals surface area contributed by atoms with Crippen LogP contribution in [0.1, 0.15) is 62.0 Å². The molecule has 2 heterocycles. The van der Waals surface area contributed by atoms with Gasteiger partial charge in [0.2, 0.25) is 21.8 Å². The van der Waals surface area contributed by atoms with Crippen LogP contribution in [0.5, 0.6) is 0 Å². The van der Waals surface area contributed by atoms with Gasteiger partial charge in [-0.2, -0.15) is 0 Å². The Morgan fingerprint density at radius 1 is 0.607 bits per heavy atom. The molecule has 0 unspecified atom stereocenters. The first-order chi connectivity index (χ1) is 27.1. The maximum atomic E-state index is 13.4. The molecule has 6 aromatic rings. The first-order valence-corrected chi connectivity index (χ1v) is 21.1. The monoisotopic (exact) mass is 1020 g/mol. The molecule has 0 N–H and O–H groups in total. The summed E-state index contributed by atoms with van der Waals surface area (Å²) < 4.78 is 25.8. The number of hydrogen-bond donors (Lipinski definition) is 0. The smallest absolute Gasteiger partial charge is 0.349 e. The van der Waals surface area contributed by atoms with Crippen LogP contribution in [0, 0.1) is 7.14 Å². The molecule has 0 radical (unpaired) electrons. The molecule has 2 aliphatic rings. The Kier molecular flexibility index (Phi) is 12.7. The largest absolute Gasteiger partial charge is 0.463 e. The lowest BCUT2D eigenvalue weighted by Gasteiger charge is -2.32. The van der Waals surface area contributed by atoms with Crippen LogP contribution in [0.15, 0.2) is 97.1 Å². The van der Waals surface area contributed by atoms with Crippen LogP contribution in [0.4, 0.5) is 0 Å². The summed E-state index contributed by atoms with van der Waals surface area (Å²) in [6, 6.07) is 30.2. The van der Waals surface area contributed by atoms with Crippen LogP contribution >= 0.6 is 68.4 Å². The van der Waals surface area contributed by atoms with E-state index in [-0.39, 0.29) is 36.0 Å². The zero-order valence-electron chi connectivity index (χ0n) is 30.4. The van der Waals surface area contributed by atoms with Crippen LogP contribution < -0.4 is 0 Å². The second-order valence-corrected chi connectivity index (χ2v) is 16.3. The first-order valence-electron chi connectivity index (χ1n) is 18.2. The van der Waals surface area contributed by atoms with Gasteiger partial charge in [-0.1, -0.05) is 60.7 Å². The molecule has 56 heavy (non-hydrogen) atoms. The molecule has 2 aromatic heterocycles. The zero-order chi connectivity index (χ0) is 39.5. The van der Waals surface area contributed by atoms with Crippen molar-refractivity contribution in [2.75, 3.05) is 13.2 Å². The molecular formula is C42H36Cl2I2N4O6. The normalized spacial score (nSPS) is 16.0. The van der Waals surface area contributed by atoms with Gasteiger partial charge in [-0.15, -0.1) is 0 Å². The highest BCUT2D eigenvalue weighted by atomic mass is 127. The van der Waals surface area contributed by atoms with E-state index in [4.69, 9.17) is 42.1 Å². The summed E-state index contributed by atoms with van der Waals surface area (Å²) in [6.07, 6.45) is 3.50. The molecule has 2 atom stereocenters. The molecule has 0 spiro atoms. The number of rotatable bonds is 12. The fourth-order valence-electron chi connectivity index (χ4n) is 6.41. The van der Waals surface area contributed by atoms with Gasteiger partial charge in [0.15, 0.2) is 0 Å². The summed E-state index contributed by atoms with van der Waals surface area (Å²) in [7, 11) is 0. The minimum atomic E-state index is -1.51. The van der Waals surface area contributed by atoms with E-state index < -0.39 is 23.1 Å². The third-order valence-electron chi connectivity index (χ3n) is 9.15. The number of halogens is 4. The average Bonchev–Trinajstić information content (AvgIpc) is 4.15. The van der Waals surface area contributed by atoms with Gasteiger partial charge >= 0.3 is 11.9 Å². The molecule has 288 valence electrons. The van der Waals surface area contributed by atoms with E-state index in [1.165, 1.54) is 0 Å². The Morgan fingerprint density at radius 3 is 1.32 bits per heavy atom. The standard InChI is InChI=1S/2C21H18ClIN2O3/c2*1-2-27-19(26)21(28-15-9-10-15,13-6-4-3-5-7-13)18-16-12-14(23)8-11-17(16)24-20(22)25-18/h2*3-8,11-12,15H,2,9-10H2,1H3/t2*21-/m10/s1. The molecule has 10 nitrogen and oxygen atoms in total. The van der Waals surface area contributed by atoms with Crippen LogP contribution in [0.3, 0.4) is 0 Å². The number of aromatic nitrogens is 4. The molecule has 14 heteroatoms. The predicted octanol–water partition coefficient (Wildman–Crippen LogP) is 9.75. The highest BCUT2D eigenvalue weighted by Crippen LogP contribution is 2.45. The maximum Gasteiger partial charge on any atom is 0.349 e. The lowest BCUT2D eigenvalue weighted by Crippen LogP contribution is -2.43. The minimum Gasteiger partial charge on any atom is -0.463 e. The number of benzene rings is 4. The lowest BCUT2D eigenvalue weighted by atomic mass is 9.87. The zero-order valence-corrected chi connectivity index (χ0v) is 36.2. The summed E-state index contributed by atoms with van der Waals surface area (Å²) in [4.78, 5) is 44.5. The van der Waals surface area contributed by atoms with E-state index in [2.05, 4.69) is 65.1 Å². The van der Waals surface area contributed by atoms with Crippen LogP contribution in [0.2, 0.25) is 10.6 Å². The van der Waals surface area contributed by atoms with Crippen molar-refractivity contribution in [2.24, 2.45) is 0 Å². The number of fused-ring (bicyclic) bond motifs is 2. The minimum absolute atomic E-state index is 0.0313. The third-order valence-corrected chi connectivity index (χ3v) is 10.8. The Bertz CT molecular complexity index is 2220. The van der Waals surface area contributed by atoms with E-state index in [0.717, 1.165) is 32.8 Å². The molecule has 4 aromatic carbocycles. The molecular weight excluding hydrogens is 981 g/mol. The van der Waals surface area contributed by atoms with Crippen molar-refractivity contribution in [3.8, 4) is 0 Å². The maximum absolute atomic E-state index is 13.4. The number of esters is 2. The van der Waals surface area contributed by atoms with Crippen molar-refractivity contribution in [1.29, 1.82) is 0 Å². The third kappa shape index (κ3) is 8.51. The van der Waals surface area contributed by atoms with Crippen molar-refractivity contribution in [1.82, 2.24) is 19.9 Å². The van der Waals surface area contributed by atoms with Crippen molar-refractivity contribution >= 4 is 102 Å². The van der Waals surface area contributed by atoms with Gasteiger partial charge < -0.3 is 18.9 Å². The highest BCUT2D eigenvalue weighted by molar-refractivity contribution is 14.1. The van der Waals surface area contributed by atoms with Gasteiger partial charge in [-0.3, -0.25) is 0 Å². The topological polar surface area (TPSA) is 123 Å². The quantitative estimate of drug-likeness (QED) is 0.0666. The Hall–Kier alpha value is -3.54. The number of carbonyl (C=O) groups excluding carboxylic acids is 2.